The van der Waals surface area contributed by atoms with Crippen LogP contribution >= 0.6 is 0 Å². The van der Waals surface area contributed by atoms with Gasteiger partial charge in [-0.15, -0.1) is 0 Å². The van der Waals surface area contributed by atoms with Crippen molar-refractivity contribution in [3.8, 4) is 0 Å². The van der Waals surface area contributed by atoms with Crippen molar-refractivity contribution >= 4 is 10.0 Å². The number of sulfonamides is 1. The van der Waals surface area contributed by atoms with Crippen LogP contribution in [0.15, 0.2) is 30.3 Å². The molecule has 0 spiro atoms. The molecule has 0 radical (unpaired) electrons. The number of hydrogen-bond donors (Lipinski definition) is 2. The van der Waals surface area contributed by atoms with E-state index in [1.807, 2.05) is 30.3 Å². The van der Waals surface area contributed by atoms with Crippen molar-refractivity contribution in [2.24, 2.45) is 0 Å². The van der Waals surface area contributed by atoms with Gasteiger partial charge < -0.3 is 5.11 Å². The Morgan fingerprint density at radius 2 is 1.89 bits per heavy atom. The highest BCUT2D eigenvalue weighted by Gasteiger charge is 2.16. The largest absolute Gasteiger partial charge is 0.393 e. The molecule has 0 saturated carbocycles. The first kappa shape index (κ1) is 15.1. The first-order chi connectivity index (χ1) is 8.44. The fourth-order valence-corrected chi connectivity index (χ4v) is 2.46. The zero-order valence-electron chi connectivity index (χ0n) is 10.8. The van der Waals surface area contributed by atoms with Gasteiger partial charge >= 0.3 is 0 Å². The average molecular weight is 271 g/mol. The van der Waals surface area contributed by atoms with Crippen LogP contribution in [0, 0.1) is 0 Å². The Kier molecular flexibility index (Phi) is 5.78. The Labute approximate surface area is 109 Å². The lowest BCUT2D eigenvalue weighted by atomic mass is 9.94. The predicted molar refractivity (Wildman–Crippen MR) is 72.9 cm³/mol. The fraction of sp³-hybridized carbons (Fsp3) is 0.538. The monoisotopic (exact) mass is 271 g/mol. The summed E-state index contributed by atoms with van der Waals surface area (Å²) >= 11 is 0. The number of benzene rings is 1. The second-order valence-electron chi connectivity index (χ2n) is 4.44. The van der Waals surface area contributed by atoms with Crippen LogP contribution in [0.5, 0.6) is 0 Å². The molecule has 18 heavy (non-hydrogen) atoms. The average Bonchev–Trinajstić information content (AvgIpc) is 2.35. The highest BCUT2D eigenvalue weighted by atomic mass is 32.2. The van der Waals surface area contributed by atoms with Crippen LogP contribution in [0.2, 0.25) is 0 Å². The van der Waals surface area contributed by atoms with Crippen LogP contribution in [-0.4, -0.2) is 31.9 Å². The maximum atomic E-state index is 11.4. The van der Waals surface area contributed by atoms with Gasteiger partial charge in [0.1, 0.15) is 0 Å². The van der Waals surface area contributed by atoms with E-state index in [0.29, 0.717) is 13.0 Å². The summed E-state index contributed by atoms with van der Waals surface area (Å²) in [6.07, 6.45) is 0.0808. The number of nitrogens with one attached hydrogen (secondary N) is 1. The molecule has 4 nitrogen and oxygen atoms in total. The summed E-state index contributed by atoms with van der Waals surface area (Å²) in [4.78, 5) is 0. The van der Waals surface area contributed by atoms with E-state index >= 15 is 0 Å². The quantitative estimate of drug-likeness (QED) is 0.789. The van der Waals surface area contributed by atoms with E-state index in [0.717, 1.165) is 5.56 Å². The topological polar surface area (TPSA) is 66.4 Å². The van der Waals surface area contributed by atoms with E-state index in [1.165, 1.54) is 0 Å². The van der Waals surface area contributed by atoms with Crippen molar-refractivity contribution in [2.75, 3.05) is 12.3 Å². The standard InChI is InChI=1S/C13H21NO3S/c1-3-18(16,17)14-10-13(9-11(2)15)12-7-5-4-6-8-12/h4-8,11,13-15H,3,9-10H2,1-2H3. The first-order valence-corrected chi connectivity index (χ1v) is 7.80. The lowest BCUT2D eigenvalue weighted by Crippen LogP contribution is -2.30. The molecule has 0 fully saturated rings. The van der Waals surface area contributed by atoms with Crippen LogP contribution in [0.25, 0.3) is 0 Å². The van der Waals surface area contributed by atoms with Crippen LogP contribution in [-0.2, 0) is 10.0 Å². The summed E-state index contributed by atoms with van der Waals surface area (Å²) in [6.45, 7) is 3.64. The first-order valence-electron chi connectivity index (χ1n) is 6.15. The fourth-order valence-electron chi connectivity index (χ4n) is 1.80. The normalized spacial score (nSPS) is 15.3. The zero-order valence-corrected chi connectivity index (χ0v) is 11.7. The Morgan fingerprint density at radius 3 is 2.39 bits per heavy atom. The third-order valence-corrected chi connectivity index (χ3v) is 4.19. The molecule has 0 aliphatic rings. The van der Waals surface area contributed by atoms with E-state index in [1.54, 1.807) is 13.8 Å². The lowest BCUT2D eigenvalue weighted by molar-refractivity contribution is 0.174. The second kappa shape index (κ2) is 6.87. The molecule has 1 aromatic rings. The maximum absolute atomic E-state index is 11.4. The van der Waals surface area contributed by atoms with Gasteiger partial charge in [0, 0.05) is 6.54 Å². The Bertz CT molecular complexity index is 443. The third-order valence-electron chi connectivity index (χ3n) is 2.83. The number of aliphatic hydroxyl groups excluding tert-OH is 1. The van der Waals surface area contributed by atoms with Crippen LogP contribution in [0.3, 0.4) is 0 Å². The molecule has 0 bridgehead atoms. The molecule has 2 N–H and O–H groups in total. The molecule has 0 aliphatic heterocycles. The zero-order chi connectivity index (χ0) is 13.6. The molecule has 0 aliphatic carbocycles. The lowest BCUT2D eigenvalue weighted by Gasteiger charge is -2.19. The van der Waals surface area contributed by atoms with Gasteiger partial charge in [-0.25, -0.2) is 13.1 Å². The molecule has 1 rings (SSSR count). The Morgan fingerprint density at radius 1 is 1.28 bits per heavy atom. The second-order valence-corrected chi connectivity index (χ2v) is 6.54. The van der Waals surface area contributed by atoms with Gasteiger partial charge in [0.2, 0.25) is 10.0 Å². The van der Waals surface area contributed by atoms with Crippen molar-refractivity contribution in [1.82, 2.24) is 4.72 Å². The van der Waals surface area contributed by atoms with Crippen molar-refractivity contribution < 1.29 is 13.5 Å². The minimum absolute atomic E-state index is 0.00692. The van der Waals surface area contributed by atoms with E-state index in [4.69, 9.17) is 0 Å². The van der Waals surface area contributed by atoms with Gasteiger partial charge in [0.05, 0.1) is 11.9 Å². The number of aliphatic hydroxyl groups is 1. The molecule has 0 heterocycles. The van der Waals surface area contributed by atoms with Crippen molar-refractivity contribution in [3.63, 3.8) is 0 Å². The summed E-state index contributed by atoms with van der Waals surface area (Å²) in [5.41, 5.74) is 1.04. The van der Waals surface area contributed by atoms with Crippen molar-refractivity contribution in [1.29, 1.82) is 0 Å². The van der Waals surface area contributed by atoms with Gasteiger partial charge in [-0.3, -0.25) is 0 Å². The van der Waals surface area contributed by atoms with Gasteiger partial charge in [0.15, 0.2) is 0 Å². The minimum atomic E-state index is -3.19. The van der Waals surface area contributed by atoms with E-state index in [-0.39, 0.29) is 11.7 Å². The summed E-state index contributed by atoms with van der Waals surface area (Å²) in [7, 11) is -3.19. The van der Waals surface area contributed by atoms with E-state index < -0.39 is 16.1 Å². The Balaban J connectivity index is 2.74. The van der Waals surface area contributed by atoms with Crippen molar-refractivity contribution in [3.05, 3.63) is 35.9 Å². The summed E-state index contributed by atoms with van der Waals surface area (Å²) in [5, 5.41) is 9.49. The molecule has 102 valence electrons. The number of rotatable bonds is 7. The molecule has 0 amide bonds. The van der Waals surface area contributed by atoms with Gasteiger partial charge in [-0.05, 0) is 31.7 Å². The highest BCUT2D eigenvalue weighted by Crippen LogP contribution is 2.20. The Hall–Kier alpha value is -0.910. The minimum Gasteiger partial charge on any atom is -0.393 e. The maximum Gasteiger partial charge on any atom is 0.211 e. The summed E-state index contributed by atoms with van der Waals surface area (Å²) < 4.78 is 25.5. The van der Waals surface area contributed by atoms with Crippen LogP contribution in [0.1, 0.15) is 31.7 Å². The van der Waals surface area contributed by atoms with Crippen LogP contribution < -0.4 is 4.72 Å². The molecule has 2 atom stereocenters. The molecular weight excluding hydrogens is 250 g/mol. The molecule has 2 unspecified atom stereocenters. The molecule has 1 aromatic carbocycles. The highest BCUT2D eigenvalue weighted by molar-refractivity contribution is 7.89. The summed E-state index contributed by atoms with van der Waals surface area (Å²) in [5.74, 6) is 0.0657. The van der Waals surface area contributed by atoms with Crippen molar-refractivity contribution in [2.45, 2.75) is 32.3 Å². The van der Waals surface area contributed by atoms with Gasteiger partial charge in [-0.2, -0.15) is 0 Å². The smallest absolute Gasteiger partial charge is 0.211 e. The van der Waals surface area contributed by atoms with Gasteiger partial charge in [0.25, 0.3) is 0 Å². The number of hydrogen-bond acceptors (Lipinski definition) is 3. The summed E-state index contributed by atoms with van der Waals surface area (Å²) in [6, 6.07) is 9.65. The van der Waals surface area contributed by atoms with E-state index in [2.05, 4.69) is 4.72 Å². The molecule has 5 heteroatoms. The predicted octanol–water partition coefficient (Wildman–Crippen LogP) is 1.48. The molecule has 0 saturated heterocycles. The molecule has 0 aromatic heterocycles. The van der Waals surface area contributed by atoms with E-state index in [9.17, 15) is 13.5 Å². The van der Waals surface area contributed by atoms with Gasteiger partial charge in [-0.1, -0.05) is 30.3 Å². The SMILES string of the molecule is CCS(=O)(=O)NCC(CC(C)O)c1ccccc1. The van der Waals surface area contributed by atoms with Crippen LogP contribution in [0.4, 0.5) is 0 Å². The third kappa shape index (κ3) is 5.16. The molecular formula is C13H21NO3S.